The van der Waals surface area contributed by atoms with Gasteiger partial charge in [0.1, 0.15) is 37.1 Å². The summed E-state index contributed by atoms with van der Waals surface area (Å²) in [6.45, 7) is 12.0. The molecule has 0 radical (unpaired) electrons. The van der Waals surface area contributed by atoms with E-state index in [1.807, 2.05) is 64.2 Å². The summed E-state index contributed by atoms with van der Waals surface area (Å²) in [6, 6.07) is 16.7. The van der Waals surface area contributed by atoms with Crippen LogP contribution in [0.1, 0.15) is 45.7 Å². The number of azide groups is 1. The average Bonchev–Trinajstić information content (AvgIpc) is 3.17. The molecule has 0 unspecified atom stereocenters. The van der Waals surface area contributed by atoms with Crippen LogP contribution in [-0.2, 0) is 74.7 Å². The van der Waals surface area contributed by atoms with Crippen LogP contribution >= 0.6 is 34.8 Å². The average molecular weight is 918 g/mol. The zero-order chi connectivity index (χ0) is 44.4. The number of benzene rings is 2. The van der Waals surface area contributed by atoms with Crippen LogP contribution in [-0.4, -0.2) is 111 Å². The number of hydrogen-bond donors (Lipinski definition) is 1. The van der Waals surface area contributed by atoms with E-state index in [4.69, 9.17) is 87.3 Å². The zero-order valence-electron chi connectivity index (χ0n) is 34.5. The van der Waals surface area contributed by atoms with Crippen LogP contribution in [0.5, 0.6) is 0 Å². The molecule has 10 atom stereocenters. The van der Waals surface area contributed by atoms with Crippen LogP contribution in [0.25, 0.3) is 10.4 Å². The molecule has 2 aliphatic rings. The summed E-state index contributed by atoms with van der Waals surface area (Å²) in [5.41, 5.74) is 11.5. The minimum atomic E-state index is -2.69. The normalized spacial score (nSPS) is 27.2. The molecule has 21 heteroatoms. The number of hydrogen-bond acceptors (Lipinski definition) is 15. The molecule has 2 heterocycles. The summed E-state index contributed by atoms with van der Waals surface area (Å²) in [7, 11) is -1.60. The van der Waals surface area contributed by atoms with Crippen molar-refractivity contribution in [3.8, 4) is 0 Å². The fourth-order valence-corrected chi connectivity index (χ4v) is 7.56. The number of nitrogens with one attached hydrogen (secondary N) is 1. The quantitative estimate of drug-likeness (QED) is 0.0205. The molecule has 2 fully saturated rings. The number of ether oxygens (including phenoxy) is 9. The molecule has 2 aliphatic heterocycles. The highest BCUT2D eigenvalue weighted by molar-refractivity contribution is 6.76. The summed E-state index contributed by atoms with van der Waals surface area (Å²) in [5.74, 6) is -3.41. The van der Waals surface area contributed by atoms with E-state index in [1.54, 1.807) is 30.3 Å². The molecule has 4 rings (SSSR count). The summed E-state index contributed by atoms with van der Waals surface area (Å²) in [5, 5.41) is 12.1. The third kappa shape index (κ3) is 13.2. The van der Waals surface area contributed by atoms with E-state index in [9.17, 15) is 19.9 Å². The fourth-order valence-electron chi connectivity index (χ4n) is 6.11. The maximum Gasteiger partial charge on any atom is 0.338 e. The lowest BCUT2D eigenvalue weighted by Crippen LogP contribution is -2.67. The van der Waals surface area contributed by atoms with Crippen molar-refractivity contribution in [3.63, 3.8) is 0 Å². The first kappa shape index (κ1) is 49.1. The number of methoxy groups -OCH3 is 1. The number of esters is 3. The van der Waals surface area contributed by atoms with Gasteiger partial charge < -0.3 is 47.1 Å². The van der Waals surface area contributed by atoms with Crippen LogP contribution in [0.2, 0.25) is 18.1 Å². The third-order valence-corrected chi connectivity index (χ3v) is 15.1. The van der Waals surface area contributed by atoms with Gasteiger partial charge in [0.2, 0.25) is 12.2 Å². The second kappa shape index (κ2) is 21.5. The first-order valence-corrected chi connectivity index (χ1v) is 22.9. The second-order valence-corrected chi connectivity index (χ2v) is 22.5. The molecule has 60 heavy (non-hydrogen) atoms. The molecular weight excluding hydrogens is 867 g/mol. The molecular formula is C39H51Cl3N4O13Si. The Labute approximate surface area is 364 Å². The Morgan fingerprint density at radius 1 is 0.817 bits per heavy atom. The smallest absolute Gasteiger partial charge is 0.338 e. The first-order valence-electron chi connectivity index (χ1n) is 18.9. The molecule has 1 N–H and O–H groups in total. The highest BCUT2D eigenvalue weighted by Gasteiger charge is 2.58. The van der Waals surface area contributed by atoms with E-state index in [0.29, 0.717) is 5.56 Å². The lowest BCUT2D eigenvalue weighted by molar-refractivity contribution is -0.339. The lowest BCUT2D eigenvalue weighted by atomic mass is 9.95. The van der Waals surface area contributed by atoms with Crippen LogP contribution in [0, 0.1) is 5.41 Å². The maximum absolute atomic E-state index is 13.7. The fraction of sp³-hybridized carbons (Fsp3) is 0.590. The highest BCUT2D eigenvalue weighted by Crippen LogP contribution is 2.42. The van der Waals surface area contributed by atoms with Crippen LogP contribution < -0.4 is 0 Å². The molecule has 0 spiro atoms. The van der Waals surface area contributed by atoms with E-state index in [-0.39, 0.29) is 24.9 Å². The van der Waals surface area contributed by atoms with Gasteiger partial charge in [0.15, 0.2) is 26.8 Å². The van der Waals surface area contributed by atoms with Gasteiger partial charge in [0.05, 0.1) is 26.4 Å². The van der Waals surface area contributed by atoms with Gasteiger partial charge in [-0.1, -0.05) is 121 Å². The van der Waals surface area contributed by atoms with Crippen LogP contribution in [0.4, 0.5) is 0 Å². The van der Waals surface area contributed by atoms with Crippen molar-refractivity contribution in [1.82, 2.24) is 0 Å². The molecule has 2 saturated heterocycles. The first-order chi connectivity index (χ1) is 28.2. The summed E-state index contributed by atoms with van der Waals surface area (Å²) in [6.07, 6.45) is -13.1. The number of nitrogens with zero attached hydrogens (tertiary/aromatic N) is 3. The number of carbonyl (C=O) groups excluding carboxylic acids is 3. The maximum atomic E-state index is 13.7. The zero-order valence-corrected chi connectivity index (χ0v) is 37.7. The Morgan fingerprint density at radius 2 is 1.38 bits per heavy atom. The molecule has 0 amide bonds. The van der Waals surface area contributed by atoms with E-state index in [2.05, 4.69) is 10.0 Å². The molecule has 0 aromatic heterocycles. The Hall–Kier alpha value is -3.52. The summed E-state index contributed by atoms with van der Waals surface area (Å²) < 4.78 is 58.6. The van der Waals surface area contributed by atoms with Crippen molar-refractivity contribution in [2.24, 2.45) is 5.11 Å². The Morgan fingerprint density at radius 3 is 1.87 bits per heavy atom. The van der Waals surface area contributed by atoms with Gasteiger partial charge in [-0.05, 0) is 34.8 Å². The van der Waals surface area contributed by atoms with Crippen molar-refractivity contribution < 1.29 is 61.4 Å². The molecule has 0 bridgehead atoms. The molecule has 2 aromatic rings. The number of alkyl halides is 3. The number of halogens is 3. The van der Waals surface area contributed by atoms with Crippen molar-refractivity contribution in [1.29, 1.82) is 5.41 Å². The summed E-state index contributed by atoms with van der Waals surface area (Å²) in [4.78, 5) is 41.7. The lowest BCUT2D eigenvalue weighted by Gasteiger charge is -2.50. The Bertz CT molecular complexity index is 1820. The van der Waals surface area contributed by atoms with Crippen molar-refractivity contribution in [2.75, 3.05) is 13.7 Å². The largest absolute Gasteiger partial charge is 0.467 e. The standard InChI is InChI=1S/C39H51Cl3N4O13Si/c1-22(47)51-21-26-28(59-60(7,8)38(3,4)5)29(52-19-24-15-11-9-12-16-24)27(45-46-44)35(55-26)56-31-30(53-20-25-17-13-10-14-18-25)33(54-23(2)48)36(57-32(31)34(49)50-6)58-37(43)39(40,41)42/h9-18,26-33,35-36,43H,19-21H2,1-8H3/t26-,27-,28-,29-,30+,31+,32-,33-,35-,36-/m1/s1. The molecule has 17 nitrogen and oxygen atoms in total. The minimum Gasteiger partial charge on any atom is -0.467 e. The predicted octanol–water partition coefficient (Wildman–Crippen LogP) is 7.09. The van der Waals surface area contributed by atoms with Crippen molar-refractivity contribution in [3.05, 3.63) is 82.2 Å². The molecule has 2 aromatic carbocycles. The molecule has 0 aliphatic carbocycles. The monoisotopic (exact) mass is 916 g/mol. The van der Waals surface area contributed by atoms with Gasteiger partial charge in [0, 0.05) is 18.8 Å². The summed E-state index contributed by atoms with van der Waals surface area (Å²) >= 11 is 17.8. The van der Waals surface area contributed by atoms with E-state index >= 15 is 0 Å². The van der Waals surface area contributed by atoms with Gasteiger partial charge in [0.25, 0.3) is 3.79 Å². The topological polar surface area (TPSA) is 216 Å². The minimum absolute atomic E-state index is 0.0240. The number of rotatable bonds is 16. The van der Waals surface area contributed by atoms with E-state index in [1.165, 1.54) is 6.92 Å². The van der Waals surface area contributed by atoms with Gasteiger partial charge in [-0.3, -0.25) is 15.0 Å². The molecule has 330 valence electrons. The van der Waals surface area contributed by atoms with Crippen molar-refractivity contribution in [2.45, 2.75) is 131 Å². The third-order valence-electron chi connectivity index (χ3n) is 10.1. The second-order valence-electron chi connectivity index (χ2n) is 15.5. The van der Waals surface area contributed by atoms with Gasteiger partial charge in [-0.2, -0.15) is 0 Å². The SMILES string of the molecule is COC(=O)[C@@H]1O[C@H](OC(=N)C(Cl)(Cl)Cl)[C@H](OC(C)=O)[C@@H](OCc2ccccc2)[C@@H]1O[C@H]1O[C@H](COC(C)=O)[C@@H](O[Si](C)(C)C(C)(C)C)[C@H](OCc2ccccc2)[C@H]1N=[N+]=[N-]. The Kier molecular flexibility index (Phi) is 17.6. The van der Waals surface area contributed by atoms with Crippen LogP contribution in [0.15, 0.2) is 65.8 Å². The van der Waals surface area contributed by atoms with Crippen LogP contribution in [0.3, 0.4) is 0 Å². The van der Waals surface area contributed by atoms with Crippen molar-refractivity contribution >= 4 is 66.9 Å². The molecule has 0 saturated carbocycles. The highest BCUT2D eigenvalue weighted by atomic mass is 35.6. The number of carbonyl (C=O) groups is 3. The van der Waals surface area contributed by atoms with Gasteiger partial charge in [-0.15, -0.1) is 0 Å². The van der Waals surface area contributed by atoms with E-state index < -0.39 is 97.3 Å². The predicted molar refractivity (Wildman–Crippen MR) is 221 cm³/mol. The van der Waals surface area contributed by atoms with Gasteiger partial charge >= 0.3 is 17.9 Å². The van der Waals surface area contributed by atoms with E-state index in [0.717, 1.165) is 19.6 Å². The van der Waals surface area contributed by atoms with Gasteiger partial charge in [-0.25, -0.2) is 4.79 Å². The Balaban J connectivity index is 1.88.